The molecule has 0 N–H and O–H groups in total. The van der Waals surface area contributed by atoms with E-state index in [0.29, 0.717) is 6.61 Å². The number of hydrogen-bond donors (Lipinski definition) is 0. The number of carbonyl (C=O) groups excluding carboxylic acids is 2. The summed E-state index contributed by atoms with van der Waals surface area (Å²) in [5, 5.41) is 0. The summed E-state index contributed by atoms with van der Waals surface area (Å²) in [7, 11) is 0. The van der Waals surface area contributed by atoms with Gasteiger partial charge in [-0.05, 0) is 27.7 Å². The number of ketones is 1. The Balaban J connectivity index is 0. The SMILES string of the molecule is CC(C)=O.CCOC(C)=O.Cc1ccccc1. The lowest BCUT2D eigenvalue weighted by atomic mass is 10.2. The monoisotopic (exact) mass is 238 g/mol. The van der Waals surface area contributed by atoms with Gasteiger partial charge in [-0.3, -0.25) is 4.79 Å². The van der Waals surface area contributed by atoms with E-state index in [1.807, 2.05) is 18.2 Å². The fourth-order valence-corrected chi connectivity index (χ4v) is 0.738. The zero-order chi connectivity index (χ0) is 13.7. The molecule has 0 saturated heterocycles. The van der Waals surface area contributed by atoms with Crippen LogP contribution in [0.25, 0.3) is 0 Å². The van der Waals surface area contributed by atoms with Crippen LogP contribution in [0, 0.1) is 6.92 Å². The van der Waals surface area contributed by atoms with E-state index < -0.39 is 0 Å². The van der Waals surface area contributed by atoms with Gasteiger partial charge in [-0.25, -0.2) is 0 Å². The molecule has 0 amide bonds. The van der Waals surface area contributed by atoms with E-state index in [1.165, 1.54) is 26.3 Å². The molecule has 17 heavy (non-hydrogen) atoms. The zero-order valence-corrected chi connectivity index (χ0v) is 11.3. The van der Waals surface area contributed by atoms with Crippen LogP contribution < -0.4 is 0 Å². The largest absolute Gasteiger partial charge is 0.466 e. The topological polar surface area (TPSA) is 43.4 Å². The quantitative estimate of drug-likeness (QED) is 0.706. The van der Waals surface area contributed by atoms with Crippen molar-refractivity contribution in [2.45, 2.75) is 34.6 Å². The molecule has 96 valence electrons. The van der Waals surface area contributed by atoms with Crippen LogP contribution in [0.5, 0.6) is 0 Å². The third-order valence-electron chi connectivity index (χ3n) is 1.29. The summed E-state index contributed by atoms with van der Waals surface area (Å²) in [6.07, 6.45) is 0. The van der Waals surface area contributed by atoms with E-state index in [1.54, 1.807) is 6.92 Å². The Hall–Kier alpha value is -1.64. The summed E-state index contributed by atoms with van der Waals surface area (Å²) in [6.45, 7) is 8.79. The van der Waals surface area contributed by atoms with Crippen molar-refractivity contribution in [3.8, 4) is 0 Å². The summed E-state index contributed by atoms with van der Waals surface area (Å²) >= 11 is 0. The van der Waals surface area contributed by atoms with Gasteiger partial charge in [0.1, 0.15) is 5.78 Å². The van der Waals surface area contributed by atoms with Crippen LogP contribution in [-0.4, -0.2) is 18.4 Å². The Morgan fingerprint density at radius 1 is 1.06 bits per heavy atom. The average Bonchev–Trinajstić information content (AvgIpc) is 2.18. The van der Waals surface area contributed by atoms with Crippen LogP contribution in [-0.2, 0) is 14.3 Å². The maximum absolute atomic E-state index is 9.82. The summed E-state index contributed by atoms with van der Waals surface area (Å²) < 4.78 is 4.40. The van der Waals surface area contributed by atoms with Crippen molar-refractivity contribution in [2.75, 3.05) is 6.61 Å². The van der Waals surface area contributed by atoms with Crippen molar-refractivity contribution in [3.63, 3.8) is 0 Å². The normalized spacial score (nSPS) is 7.82. The molecule has 1 aromatic carbocycles. The first-order valence-electron chi connectivity index (χ1n) is 5.52. The first-order valence-corrected chi connectivity index (χ1v) is 5.52. The third kappa shape index (κ3) is 25.0. The minimum Gasteiger partial charge on any atom is -0.466 e. The van der Waals surface area contributed by atoms with Crippen molar-refractivity contribution >= 4 is 11.8 Å². The standard InChI is InChI=1S/C7H8.C4H8O2.C3H6O/c1-7-5-3-2-4-6-7;1-3-6-4(2)5;1-3(2)4/h2-6H,1H3;3H2,1-2H3;1-2H3. The lowest BCUT2D eigenvalue weighted by molar-refractivity contribution is -0.140. The minimum absolute atomic E-state index is 0.167. The number of esters is 1. The lowest BCUT2D eigenvalue weighted by Crippen LogP contribution is -1.95. The number of hydrogen-bond acceptors (Lipinski definition) is 3. The first kappa shape index (κ1) is 17.7. The molecule has 3 heteroatoms. The molecule has 0 unspecified atom stereocenters. The van der Waals surface area contributed by atoms with Gasteiger partial charge in [-0.2, -0.15) is 0 Å². The Morgan fingerprint density at radius 2 is 1.47 bits per heavy atom. The molecule has 0 aliphatic heterocycles. The fourth-order valence-electron chi connectivity index (χ4n) is 0.738. The van der Waals surface area contributed by atoms with Gasteiger partial charge in [-0.1, -0.05) is 35.9 Å². The highest BCUT2D eigenvalue weighted by molar-refractivity contribution is 5.72. The van der Waals surface area contributed by atoms with Crippen LogP contribution in [0.15, 0.2) is 30.3 Å². The second-order valence-electron chi connectivity index (χ2n) is 3.49. The molecular formula is C14H22O3. The summed E-state index contributed by atoms with van der Waals surface area (Å²) in [4.78, 5) is 19.3. The summed E-state index contributed by atoms with van der Waals surface area (Å²) in [5.41, 5.74) is 1.32. The molecule has 1 aromatic rings. The molecule has 0 atom stereocenters. The molecule has 0 aliphatic rings. The van der Waals surface area contributed by atoms with Crippen molar-refractivity contribution in [2.24, 2.45) is 0 Å². The smallest absolute Gasteiger partial charge is 0.302 e. The maximum atomic E-state index is 9.82. The molecule has 0 fully saturated rings. The van der Waals surface area contributed by atoms with E-state index in [9.17, 15) is 9.59 Å². The van der Waals surface area contributed by atoms with Crippen LogP contribution in [0.3, 0.4) is 0 Å². The molecule has 1 rings (SSSR count). The van der Waals surface area contributed by atoms with Crippen LogP contribution in [0.2, 0.25) is 0 Å². The third-order valence-corrected chi connectivity index (χ3v) is 1.29. The Kier molecular flexibility index (Phi) is 13.0. The number of Topliss-reactive ketones (excluding diaryl/α,β-unsaturated/α-hetero) is 1. The maximum Gasteiger partial charge on any atom is 0.302 e. The first-order chi connectivity index (χ1) is 7.90. The highest BCUT2D eigenvalue weighted by Crippen LogP contribution is 1.92. The van der Waals surface area contributed by atoms with Crippen molar-refractivity contribution in [3.05, 3.63) is 35.9 Å². The Bertz CT molecular complexity index is 301. The summed E-state index contributed by atoms with van der Waals surface area (Å²) in [5.74, 6) is -0.0440. The molecule has 0 saturated carbocycles. The van der Waals surface area contributed by atoms with E-state index in [2.05, 4.69) is 23.8 Å². The van der Waals surface area contributed by atoms with Crippen LogP contribution >= 0.6 is 0 Å². The summed E-state index contributed by atoms with van der Waals surface area (Å²) in [6, 6.07) is 10.3. The highest BCUT2D eigenvalue weighted by atomic mass is 16.5. The molecule has 0 spiro atoms. The molecular weight excluding hydrogens is 216 g/mol. The van der Waals surface area contributed by atoms with Gasteiger partial charge in [0.15, 0.2) is 0 Å². The van der Waals surface area contributed by atoms with Gasteiger partial charge in [0, 0.05) is 6.92 Å². The van der Waals surface area contributed by atoms with E-state index >= 15 is 0 Å². The van der Waals surface area contributed by atoms with Crippen molar-refractivity contribution in [1.29, 1.82) is 0 Å². The van der Waals surface area contributed by atoms with Gasteiger partial charge in [-0.15, -0.1) is 0 Å². The van der Waals surface area contributed by atoms with Crippen molar-refractivity contribution in [1.82, 2.24) is 0 Å². The van der Waals surface area contributed by atoms with E-state index in [4.69, 9.17) is 0 Å². The van der Waals surface area contributed by atoms with Crippen LogP contribution in [0.1, 0.15) is 33.3 Å². The molecule has 3 nitrogen and oxygen atoms in total. The number of aryl methyl sites for hydroxylation is 1. The van der Waals surface area contributed by atoms with Gasteiger partial charge in [0.05, 0.1) is 6.61 Å². The minimum atomic E-state index is -0.211. The van der Waals surface area contributed by atoms with Crippen LogP contribution in [0.4, 0.5) is 0 Å². The lowest BCUT2D eigenvalue weighted by Gasteiger charge is -1.89. The highest BCUT2D eigenvalue weighted by Gasteiger charge is 1.81. The Morgan fingerprint density at radius 3 is 1.59 bits per heavy atom. The second-order valence-corrected chi connectivity index (χ2v) is 3.49. The second kappa shape index (κ2) is 12.4. The predicted molar refractivity (Wildman–Crippen MR) is 69.8 cm³/mol. The van der Waals surface area contributed by atoms with E-state index in [-0.39, 0.29) is 11.8 Å². The zero-order valence-electron chi connectivity index (χ0n) is 11.3. The fraction of sp³-hybridized carbons (Fsp3) is 0.429. The molecule has 0 aromatic heterocycles. The number of rotatable bonds is 1. The number of ether oxygens (including phenoxy) is 1. The molecule has 0 heterocycles. The van der Waals surface area contributed by atoms with E-state index in [0.717, 1.165) is 0 Å². The van der Waals surface area contributed by atoms with Gasteiger partial charge in [0.2, 0.25) is 0 Å². The van der Waals surface area contributed by atoms with Crippen molar-refractivity contribution < 1.29 is 14.3 Å². The van der Waals surface area contributed by atoms with Gasteiger partial charge in [0.25, 0.3) is 0 Å². The Labute approximate surface area is 104 Å². The molecule has 0 bridgehead atoms. The van der Waals surface area contributed by atoms with Gasteiger partial charge < -0.3 is 9.53 Å². The average molecular weight is 238 g/mol. The predicted octanol–water partition coefficient (Wildman–Crippen LogP) is 3.16. The number of carbonyl (C=O) groups is 2. The van der Waals surface area contributed by atoms with Gasteiger partial charge >= 0.3 is 5.97 Å². The number of benzene rings is 1. The molecule has 0 radical (unpaired) electrons. The molecule has 0 aliphatic carbocycles.